The van der Waals surface area contributed by atoms with E-state index in [1.54, 1.807) is 18.5 Å². The molecule has 1 fully saturated rings. The molecule has 0 spiro atoms. The Kier molecular flexibility index (Phi) is 3.14. The highest BCUT2D eigenvalue weighted by Gasteiger charge is 2.24. The highest BCUT2D eigenvalue weighted by atomic mass is 16.3. The number of nitrogens with zero attached hydrogens (tertiary/aromatic N) is 2. The summed E-state index contributed by atoms with van der Waals surface area (Å²) in [6.45, 7) is 0.487. The van der Waals surface area contributed by atoms with Crippen LogP contribution in [0.2, 0.25) is 0 Å². The number of amides is 1. The Labute approximate surface area is 110 Å². The number of rotatable bonds is 5. The molecule has 19 heavy (non-hydrogen) atoms. The van der Waals surface area contributed by atoms with E-state index in [9.17, 15) is 4.79 Å². The van der Waals surface area contributed by atoms with E-state index in [0.717, 1.165) is 18.6 Å². The van der Waals surface area contributed by atoms with Gasteiger partial charge in [-0.05, 0) is 31.0 Å². The third-order valence-electron chi connectivity index (χ3n) is 2.80. The number of nitrogens with one attached hydrogen (secondary N) is 2. The van der Waals surface area contributed by atoms with Gasteiger partial charge >= 0.3 is 0 Å². The average Bonchev–Trinajstić information content (AvgIpc) is 3.09. The fourth-order valence-electron chi connectivity index (χ4n) is 1.64. The second-order valence-corrected chi connectivity index (χ2v) is 4.45. The Morgan fingerprint density at radius 3 is 3.05 bits per heavy atom. The van der Waals surface area contributed by atoms with Crippen molar-refractivity contribution in [3.8, 4) is 0 Å². The Hall–Kier alpha value is -2.37. The summed E-state index contributed by atoms with van der Waals surface area (Å²) in [7, 11) is 0. The van der Waals surface area contributed by atoms with Crippen LogP contribution in [0.5, 0.6) is 0 Å². The maximum Gasteiger partial charge on any atom is 0.270 e. The molecule has 3 rings (SSSR count). The summed E-state index contributed by atoms with van der Waals surface area (Å²) >= 11 is 0. The number of carbonyl (C=O) groups is 1. The minimum Gasteiger partial charge on any atom is -0.467 e. The maximum atomic E-state index is 11.8. The lowest BCUT2D eigenvalue weighted by Gasteiger charge is -2.05. The number of hydrogen-bond acceptors (Lipinski definition) is 5. The number of aromatic nitrogens is 2. The highest BCUT2D eigenvalue weighted by molar-refractivity contribution is 5.92. The lowest BCUT2D eigenvalue weighted by Crippen LogP contribution is -2.26. The molecule has 0 radical (unpaired) electrons. The van der Waals surface area contributed by atoms with Gasteiger partial charge in [-0.15, -0.1) is 0 Å². The first kappa shape index (κ1) is 11.7. The largest absolute Gasteiger partial charge is 0.467 e. The van der Waals surface area contributed by atoms with Crippen molar-refractivity contribution in [1.82, 2.24) is 15.3 Å². The van der Waals surface area contributed by atoms with Crippen LogP contribution >= 0.6 is 0 Å². The van der Waals surface area contributed by atoms with Crippen molar-refractivity contribution >= 4 is 11.9 Å². The number of hydrogen-bond donors (Lipinski definition) is 2. The summed E-state index contributed by atoms with van der Waals surface area (Å²) in [4.78, 5) is 20.1. The Balaban J connectivity index is 1.63. The van der Waals surface area contributed by atoms with E-state index < -0.39 is 0 Å². The average molecular weight is 258 g/mol. The molecule has 2 aromatic heterocycles. The minimum atomic E-state index is -0.147. The van der Waals surface area contributed by atoms with Gasteiger partial charge in [0.2, 0.25) is 5.95 Å². The SMILES string of the molecule is O=C(NC1CC1)c1ccnc(NCc2ccco2)n1. The fraction of sp³-hybridized carbons (Fsp3) is 0.308. The highest BCUT2D eigenvalue weighted by Crippen LogP contribution is 2.19. The van der Waals surface area contributed by atoms with Crippen LogP contribution in [0.15, 0.2) is 35.1 Å². The first-order chi connectivity index (χ1) is 9.31. The molecule has 0 aromatic carbocycles. The smallest absolute Gasteiger partial charge is 0.270 e. The van der Waals surface area contributed by atoms with Crippen LogP contribution in [0.1, 0.15) is 29.1 Å². The molecule has 1 amide bonds. The van der Waals surface area contributed by atoms with Crippen LogP contribution in [0.4, 0.5) is 5.95 Å². The molecule has 0 aliphatic heterocycles. The molecule has 1 aliphatic rings. The predicted octanol–water partition coefficient (Wildman–Crippen LogP) is 1.57. The zero-order valence-corrected chi connectivity index (χ0v) is 10.3. The summed E-state index contributed by atoms with van der Waals surface area (Å²) in [5.41, 5.74) is 0.379. The van der Waals surface area contributed by atoms with Gasteiger partial charge in [0.05, 0.1) is 12.8 Å². The first-order valence-corrected chi connectivity index (χ1v) is 6.21. The normalized spacial score (nSPS) is 14.1. The molecule has 98 valence electrons. The number of anilines is 1. The summed E-state index contributed by atoms with van der Waals surface area (Å²) in [6, 6.07) is 5.60. The van der Waals surface area contributed by atoms with Crippen molar-refractivity contribution in [3.05, 3.63) is 42.1 Å². The predicted molar refractivity (Wildman–Crippen MR) is 68.6 cm³/mol. The van der Waals surface area contributed by atoms with Crippen LogP contribution in [0.3, 0.4) is 0 Å². The van der Waals surface area contributed by atoms with Gasteiger partial charge in [-0.3, -0.25) is 4.79 Å². The second kappa shape index (κ2) is 5.09. The monoisotopic (exact) mass is 258 g/mol. The van der Waals surface area contributed by atoms with E-state index in [-0.39, 0.29) is 5.91 Å². The number of carbonyl (C=O) groups excluding carboxylic acids is 1. The van der Waals surface area contributed by atoms with E-state index >= 15 is 0 Å². The zero-order valence-electron chi connectivity index (χ0n) is 10.3. The lowest BCUT2D eigenvalue weighted by atomic mass is 10.4. The molecule has 2 N–H and O–H groups in total. The zero-order chi connectivity index (χ0) is 13.1. The van der Waals surface area contributed by atoms with Crippen molar-refractivity contribution in [2.45, 2.75) is 25.4 Å². The summed E-state index contributed by atoms with van der Waals surface area (Å²) in [5, 5.41) is 5.91. The van der Waals surface area contributed by atoms with Crippen molar-refractivity contribution in [3.63, 3.8) is 0 Å². The van der Waals surface area contributed by atoms with Crippen molar-refractivity contribution in [2.75, 3.05) is 5.32 Å². The summed E-state index contributed by atoms with van der Waals surface area (Å²) in [5.74, 6) is 1.06. The van der Waals surface area contributed by atoms with E-state index in [1.807, 2.05) is 12.1 Å². The molecule has 0 saturated heterocycles. The van der Waals surface area contributed by atoms with E-state index in [0.29, 0.717) is 24.2 Å². The molecule has 0 unspecified atom stereocenters. The van der Waals surface area contributed by atoms with Crippen LogP contribution < -0.4 is 10.6 Å². The van der Waals surface area contributed by atoms with Gasteiger partial charge in [0, 0.05) is 12.2 Å². The van der Waals surface area contributed by atoms with Crippen molar-refractivity contribution < 1.29 is 9.21 Å². The quantitative estimate of drug-likeness (QED) is 0.851. The first-order valence-electron chi connectivity index (χ1n) is 6.21. The molecular formula is C13H14N4O2. The van der Waals surface area contributed by atoms with Gasteiger partial charge in [0.15, 0.2) is 0 Å². The van der Waals surface area contributed by atoms with Crippen LogP contribution in [-0.4, -0.2) is 21.9 Å². The van der Waals surface area contributed by atoms with Gasteiger partial charge in [0.25, 0.3) is 5.91 Å². The molecular weight excluding hydrogens is 244 g/mol. The van der Waals surface area contributed by atoms with Crippen LogP contribution in [0, 0.1) is 0 Å². The molecule has 0 bridgehead atoms. The molecule has 2 heterocycles. The third kappa shape index (κ3) is 3.09. The molecule has 6 heteroatoms. The van der Waals surface area contributed by atoms with E-state index in [2.05, 4.69) is 20.6 Å². The minimum absolute atomic E-state index is 0.147. The standard InChI is InChI=1S/C13H14N4O2/c18-12(16-9-3-4-9)11-5-6-14-13(17-11)15-8-10-2-1-7-19-10/h1-2,5-7,9H,3-4,8H2,(H,16,18)(H,14,15,17). The number of furan rings is 1. The van der Waals surface area contributed by atoms with E-state index in [4.69, 9.17) is 4.42 Å². The summed E-state index contributed by atoms with van der Waals surface area (Å²) < 4.78 is 5.20. The second-order valence-electron chi connectivity index (χ2n) is 4.45. The Morgan fingerprint density at radius 1 is 1.42 bits per heavy atom. The molecule has 1 aliphatic carbocycles. The third-order valence-corrected chi connectivity index (χ3v) is 2.80. The van der Waals surface area contributed by atoms with Gasteiger partial charge < -0.3 is 15.1 Å². The lowest BCUT2D eigenvalue weighted by molar-refractivity contribution is 0.0946. The summed E-state index contributed by atoms with van der Waals surface area (Å²) in [6.07, 6.45) is 5.29. The molecule has 2 aromatic rings. The van der Waals surface area contributed by atoms with Gasteiger partial charge in [-0.25, -0.2) is 9.97 Å². The van der Waals surface area contributed by atoms with E-state index in [1.165, 1.54) is 0 Å². The van der Waals surface area contributed by atoms with Crippen molar-refractivity contribution in [1.29, 1.82) is 0 Å². The molecule has 0 atom stereocenters. The van der Waals surface area contributed by atoms with Gasteiger partial charge in [-0.1, -0.05) is 0 Å². The molecule has 6 nitrogen and oxygen atoms in total. The van der Waals surface area contributed by atoms with Gasteiger partial charge in [0.1, 0.15) is 11.5 Å². The molecule has 1 saturated carbocycles. The fourth-order valence-corrected chi connectivity index (χ4v) is 1.64. The topological polar surface area (TPSA) is 80.0 Å². The van der Waals surface area contributed by atoms with Crippen LogP contribution in [0.25, 0.3) is 0 Å². The van der Waals surface area contributed by atoms with Crippen LogP contribution in [-0.2, 0) is 6.54 Å². The van der Waals surface area contributed by atoms with Crippen molar-refractivity contribution in [2.24, 2.45) is 0 Å². The maximum absolute atomic E-state index is 11.8. The Morgan fingerprint density at radius 2 is 2.32 bits per heavy atom. The van der Waals surface area contributed by atoms with Gasteiger partial charge in [-0.2, -0.15) is 0 Å². The Bertz CT molecular complexity index is 564.